The van der Waals surface area contributed by atoms with Crippen LogP contribution < -0.4 is 5.32 Å². The Balaban J connectivity index is 1.62. The van der Waals surface area contributed by atoms with Crippen LogP contribution in [0.2, 0.25) is 0 Å². The van der Waals surface area contributed by atoms with Gasteiger partial charge in [0.25, 0.3) is 5.91 Å². The second kappa shape index (κ2) is 9.32. The topological polar surface area (TPSA) is 125 Å². The summed E-state index contributed by atoms with van der Waals surface area (Å²) in [6, 6.07) is 3.42. The molecule has 0 spiro atoms. The lowest BCUT2D eigenvalue weighted by atomic mass is 10.2. The summed E-state index contributed by atoms with van der Waals surface area (Å²) in [6.07, 6.45) is 3.22. The Morgan fingerprint density at radius 2 is 2.17 bits per heavy atom. The SMILES string of the molecule is COC(=O)Cn1cc(CNC(=O)c2cccnc2SCc2c(C)noc2C)nn1. The van der Waals surface area contributed by atoms with Crippen molar-refractivity contribution in [3.8, 4) is 0 Å². The summed E-state index contributed by atoms with van der Waals surface area (Å²) in [6.45, 7) is 3.87. The Morgan fingerprint density at radius 3 is 2.90 bits per heavy atom. The lowest BCUT2D eigenvalue weighted by Gasteiger charge is -2.08. The average Bonchev–Trinajstić information content (AvgIpc) is 3.30. The van der Waals surface area contributed by atoms with Crippen molar-refractivity contribution < 1.29 is 18.8 Å². The van der Waals surface area contributed by atoms with Crippen LogP contribution in [0.25, 0.3) is 0 Å². The summed E-state index contributed by atoms with van der Waals surface area (Å²) in [7, 11) is 1.30. The highest BCUT2D eigenvalue weighted by molar-refractivity contribution is 7.98. The number of hydrogen-bond acceptors (Lipinski definition) is 9. The van der Waals surface area contributed by atoms with E-state index in [9.17, 15) is 9.59 Å². The number of thioether (sulfide) groups is 1. The largest absolute Gasteiger partial charge is 0.468 e. The Labute approximate surface area is 171 Å². The van der Waals surface area contributed by atoms with E-state index in [0.717, 1.165) is 17.0 Å². The van der Waals surface area contributed by atoms with Gasteiger partial charge in [0.05, 0.1) is 31.1 Å². The molecule has 0 aliphatic heterocycles. The van der Waals surface area contributed by atoms with Crippen molar-refractivity contribution in [2.75, 3.05) is 7.11 Å². The summed E-state index contributed by atoms with van der Waals surface area (Å²) >= 11 is 1.44. The number of nitrogens with one attached hydrogen (secondary N) is 1. The molecular formula is C18H20N6O4S. The molecular weight excluding hydrogens is 396 g/mol. The standard InChI is InChI=1S/C18H20N6O4S/c1-11-15(12(2)28-22-11)10-29-18-14(5-4-6-19-18)17(26)20-7-13-8-24(23-21-13)9-16(25)27-3/h4-6,8H,7,9-10H2,1-3H3,(H,20,26). The maximum absolute atomic E-state index is 12.6. The summed E-state index contributed by atoms with van der Waals surface area (Å²) in [4.78, 5) is 28.2. The van der Waals surface area contributed by atoms with Crippen molar-refractivity contribution in [3.63, 3.8) is 0 Å². The number of aromatic nitrogens is 5. The van der Waals surface area contributed by atoms with Gasteiger partial charge in [0.2, 0.25) is 0 Å². The highest BCUT2D eigenvalue weighted by Gasteiger charge is 2.16. The van der Waals surface area contributed by atoms with E-state index in [1.54, 1.807) is 24.5 Å². The molecule has 0 aromatic carbocycles. The molecule has 0 aliphatic rings. The number of pyridine rings is 1. The van der Waals surface area contributed by atoms with Crippen molar-refractivity contribution in [1.29, 1.82) is 0 Å². The lowest BCUT2D eigenvalue weighted by molar-refractivity contribution is -0.141. The average molecular weight is 416 g/mol. The van der Waals surface area contributed by atoms with E-state index < -0.39 is 5.97 Å². The number of methoxy groups -OCH3 is 1. The zero-order chi connectivity index (χ0) is 20.8. The van der Waals surface area contributed by atoms with E-state index in [-0.39, 0.29) is 19.0 Å². The molecule has 0 unspecified atom stereocenters. The normalized spacial score (nSPS) is 10.7. The quantitative estimate of drug-likeness (QED) is 0.431. The van der Waals surface area contributed by atoms with Crippen LogP contribution in [0.1, 0.15) is 33.1 Å². The van der Waals surface area contributed by atoms with Crippen LogP contribution in [-0.2, 0) is 28.4 Å². The van der Waals surface area contributed by atoms with Gasteiger partial charge >= 0.3 is 5.97 Å². The number of hydrogen-bond donors (Lipinski definition) is 1. The van der Waals surface area contributed by atoms with Gasteiger partial charge in [0.1, 0.15) is 23.0 Å². The van der Waals surface area contributed by atoms with Crippen LogP contribution in [-0.4, -0.2) is 44.1 Å². The molecule has 11 heteroatoms. The van der Waals surface area contributed by atoms with Crippen LogP contribution >= 0.6 is 11.8 Å². The van der Waals surface area contributed by atoms with Crippen molar-refractivity contribution in [2.24, 2.45) is 0 Å². The van der Waals surface area contributed by atoms with Gasteiger partial charge in [-0.15, -0.1) is 16.9 Å². The molecule has 0 radical (unpaired) electrons. The summed E-state index contributed by atoms with van der Waals surface area (Å²) < 4.78 is 11.1. The van der Waals surface area contributed by atoms with Crippen LogP contribution in [0.15, 0.2) is 34.1 Å². The minimum absolute atomic E-state index is 0.0391. The zero-order valence-corrected chi connectivity index (χ0v) is 17.0. The van der Waals surface area contributed by atoms with Gasteiger partial charge in [0, 0.05) is 17.5 Å². The minimum atomic E-state index is -0.430. The lowest BCUT2D eigenvalue weighted by Crippen LogP contribution is -2.24. The van der Waals surface area contributed by atoms with Crippen LogP contribution in [0.4, 0.5) is 0 Å². The maximum atomic E-state index is 12.6. The van der Waals surface area contributed by atoms with Crippen LogP contribution in [0.5, 0.6) is 0 Å². The van der Waals surface area contributed by atoms with Gasteiger partial charge in [-0.05, 0) is 26.0 Å². The molecule has 0 atom stereocenters. The molecule has 10 nitrogen and oxygen atoms in total. The molecule has 3 aromatic heterocycles. The third kappa shape index (κ3) is 5.19. The predicted molar refractivity (Wildman–Crippen MR) is 103 cm³/mol. The highest BCUT2D eigenvalue weighted by Crippen LogP contribution is 2.27. The van der Waals surface area contributed by atoms with Crippen LogP contribution in [0.3, 0.4) is 0 Å². The third-order valence-corrected chi connectivity index (χ3v) is 5.12. The summed E-state index contributed by atoms with van der Waals surface area (Å²) in [5, 5.41) is 15.1. The van der Waals surface area contributed by atoms with E-state index in [2.05, 4.69) is 30.5 Å². The smallest absolute Gasteiger partial charge is 0.327 e. The number of nitrogens with zero attached hydrogens (tertiary/aromatic N) is 5. The third-order valence-electron chi connectivity index (χ3n) is 4.09. The molecule has 0 saturated carbocycles. The number of amides is 1. The van der Waals surface area contributed by atoms with E-state index in [0.29, 0.717) is 22.0 Å². The van der Waals surface area contributed by atoms with Crippen LogP contribution in [0, 0.1) is 13.8 Å². The molecule has 3 aromatic rings. The summed E-state index contributed by atoms with van der Waals surface area (Å²) in [5.74, 6) is 0.648. The van der Waals surface area contributed by atoms with Crippen molar-refractivity contribution in [2.45, 2.75) is 37.7 Å². The first-order chi connectivity index (χ1) is 14.0. The maximum Gasteiger partial charge on any atom is 0.327 e. The van der Waals surface area contributed by atoms with Gasteiger partial charge in [-0.3, -0.25) is 9.59 Å². The van der Waals surface area contributed by atoms with Crippen molar-refractivity contribution in [1.82, 2.24) is 30.5 Å². The molecule has 0 bridgehead atoms. The van der Waals surface area contributed by atoms with E-state index in [4.69, 9.17) is 4.52 Å². The molecule has 29 heavy (non-hydrogen) atoms. The molecule has 1 N–H and O–H groups in total. The first kappa shape index (κ1) is 20.5. The van der Waals surface area contributed by atoms with E-state index in [1.807, 2.05) is 13.8 Å². The number of rotatable bonds is 8. The molecule has 152 valence electrons. The van der Waals surface area contributed by atoms with E-state index >= 15 is 0 Å². The molecule has 0 aliphatic carbocycles. The number of carbonyl (C=O) groups excluding carboxylic acids is 2. The fourth-order valence-corrected chi connectivity index (χ4v) is 3.63. The molecule has 0 fully saturated rings. The van der Waals surface area contributed by atoms with Gasteiger partial charge in [-0.1, -0.05) is 10.4 Å². The molecule has 3 heterocycles. The fraction of sp³-hybridized carbons (Fsp3) is 0.333. The van der Waals surface area contributed by atoms with Gasteiger partial charge < -0.3 is 14.6 Å². The molecule has 3 rings (SSSR count). The number of carbonyl (C=O) groups is 2. The zero-order valence-electron chi connectivity index (χ0n) is 16.2. The van der Waals surface area contributed by atoms with Gasteiger partial charge in [-0.25, -0.2) is 9.67 Å². The first-order valence-corrected chi connectivity index (χ1v) is 9.70. The van der Waals surface area contributed by atoms with Gasteiger partial charge in [-0.2, -0.15) is 0 Å². The number of aryl methyl sites for hydroxylation is 2. The predicted octanol–water partition coefficient (Wildman–Crippen LogP) is 1.67. The number of ether oxygens (including phenoxy) is 1. The summed E-state index contributed by atoms with van der Waals surface area (Å²) in [5.41, 5.74) is 2.81. The van der Waals surface area contributed by atoms with Gasteiger partial charge in [0.15, 0.2) is 0 Å². The fourth-order valence-electron chi connectivity index (χ4n) is 2.49. The Hall–Kier alpha value is -3.21. The Kier molecular flexibility index (Phi) is 6.60. The molecule has 1 amide bonds. The Morgan fingerprint density at radius 1 is 1.34 bits per heavy atom. The van der Waals surface area contributed by atoms with Crippen molar-refractivity contribution in [3.05, 3.63) is 52.8 Å². The Bertz CT molecular complexity index is 996. The minimum Gasteiger partial charge on any atom is -0.468 e. The number of esters is 1. The molecule has 0 saturated heterocycles. The highest BCUT2D eigenvalue weighted by atomic mass is 32.2. The second-order valence-electron chi connectivity index (χ2n) is 6.11. The monoisotopic (exact) mass is 416 g/mol. The van der Waals surface area contributed by atoms with Crippen molar-refractivity contribution >= 4 is 23.6 Å². The van der Waals surface area contributed by atoms with E-state index in [1.165, 1.54) is 23.6 Å². The second-order valence-corrected chi connectivity index (χ2v) is 7.08. The first-order valence-electron chi connectivity index (χ1n) is 8.71.